The molecule has 1 atom stereocenters. The molecule has 0 radical (unpaired) electrons. The molecule has 1 unspecified atom stereocenters. The number of hydrogen-bond donors (Lipinski definition) is 0. The number of nitro groups is 1. The molecular formula is C17H23N3O4. The molecule has 2 heterocycles. The molecule has 1 aromatic rings. The molecule has 0 aliphatic carbocycles. The summed E-state index contributed by atoms with van der Waals surface area (Å²) in [5, 5.41) is 11.4. The lowest BCUT2D eigenvalue weighted by Crippen LogP contribution is -2.48. The molecular weight excluding hydrogens is 310 g/mol. The van der Waals surface area contributed by atoms with E-state index in [0.29, 0.717) is 17.4 Å². The normalized spacial score (nSPS) is 21.9. The van der Waals surface area contributed by atoms with Crippen LogP contribution in [0.25, 0.3) is 0 Å². The molecule has 2 saturated heterocycles. The lowest BCUT2D eigenvalue weighted by atomic mass is 10.1. The van der Waals surface area contributed by atoms with E-state index in [2.05, 4.69) is 4.90 Å². The van der Waals surface area contributed by atoms with Crippen LogP contribution in [0, 0.1) is 10.1 Å². The first-order valence-electron chi connectivity index (χ1n) is 8.43. The van der Waals surface area contributed by atoms with Crippen LogP contribution in [0.5, 0.6) is 0 Å². The molecule has 0 N–H and O–H groups in total. The van der Waals surface area contributed by atoms with Gasteiger partial charge in [0.2, 0.25) is 0 Å². The van der Waals surface area contributed by atoms with Crippen molar-refractivity contribution in [1.29, 1.82) is 0 Å². The summed E-state index contributed by atoms with van der Waals surface area (Å²) >= 11 is 0. The highest BCUT2D eigenvalue weighted by molar-refractivity contribution is 5.95. The van der Waals surface area contributed by atoms with Crippen molar-refractivity contribution in [3.63, 3.8) is 0 Å². The van der Waals surface area contributed by atoms with Crippen LogP contribution in [-0.4, -0.2) is 61.0 Å². The van der Waals surface area contributed by atoms with Gasteiger partial charge in [-0.05, 0) is 31.9 Å². The summed E-state index contributed by atoms with van der Waals surface area (Å²) < 4.78 is 5.68. The van der Waals surface area contributed by atoms with Crippen molar-refractivity contribution >= 4 is 17.2 Å². The van der Waals surface area contributed by atoms with Crippen molar-refractivity contribution in [2.75, 3.05) is 44.2 Å². The van der Waals surface area contributed by atoms with Gasteiger partial charge in [0.1, 0.15) is 5.69 Å². The smallest absolute Gasteiger partial charge is 0.293 e. The third kappa shape index (κ3) is 3.73. The van der Waals surface area contributed by atoms with Crippen LogP contribution in [0.4, 0.5) is 11.4 Å². The van der Waals surface area contributed by atoms with Gasteiger partial charge in [0.25, 0.3) is 5.69 Å². The summed E-state index contributed by atoms with van der Waals surface area (Å²) in [6, 6.07) is 4.75. The highest BCUT2D eigenvalue weighted by Gasteiger charge is 2.26. The van der Waals surface area contributed by atoms with Crippen molar-refractivity contribution in [3.8, 4) is 0 Å². The summed E-state index contributed by atoms with van der Waals surface area (Å²) in [5.41, 5.74) is 0.986. The zero-order valence-corrected chi connectivity index (χ0v) is 13.9. The molecule has 1 aromatic carbocycles. The van der Waals surface area contributed by atoms with Gasteiger partial charge in [-0.15, -0.1) is 0 Å². The van der Waals surface area contributed by atoms with Gasteiger partial charge in [0.15, 0.2) is 5.78 Å². The zero-order valence-electron chi connectivity index (χ0n) is 13.9. The molecule has 2 aliphatic rings. The summed E-state index contributed by atoms with van der Waals surface area (Å²) in [5.74, 6) is -0.161. The number of benzene rings is 1. The second-order valence-corrected chi connectivity index (χ2v) is 6.44. The fourth-order valence-corrected chi connectivity index (χ4v) is 3.40. The molecule has 0 amide bonds. The number of nitro benzene ring substituents is 1. The Morgan fingerprint density at radius 3 is 2.67 bits per heavy atom. The van der Waals surface area contributed by atoms with E-state index in [1.165, 1.54) is 13.0 Å². The summed E-state index contributed by atoms with van der Waals surface area (Å²) in [6.45, 7) is 6.44. The Hall–Kier alpha value is -1.99. The van der Waals surface area contributed by atoms with E-state index < -0.39 is 4.92 Å². The van der Waals surface area contributed by atoms with Gasteiger partial charge >= 0.3 is 0 Å². The Morgan fingerprint density at radius 1 is 1.33 bits per heavy atom. The van der Waals surface area contributed by atoms with E-state index >= 15 is 0 Å². The third-order valence-electron chi connectivity index (χ3n) is 4.78. The number of ketones is 1. The second kappa shape index (κ2) is 7.27. The molecule has 2 aliphatic heterocycles. The minimum Gasteiger partial charge on any atom is -0.377 e. The number of rotatable bonds is 5. The number of carbonyl (C=O) groups excluding carboxylic acids is 1. The van der Waals surface area contributed by atoms with Gasteiger partial charge in [-0.2, -0.15) is 0 Å². The number of piperazine rings is 1. The van der Waals surface area contributed by atoms with Crippen molar-refractivity contribution in [1.82, 2.24) is 4.90 Å². The maximum Gasteiger partial charge on any atom is 0.293 e. The van der Waals surface area contributed by atoms with E-state index in [1.54, 1.807) is 12.1 Å². The Bertz CT molecular complexity index is 620. The third-order valence-corrected chi connectivity index (χ3v) is 4.78. The summed E-state index contributed by atoms with van der Waals surface area (Å²) in [6.07, 6.45) is 2.60. The Morgan fingerprint density at radius 2 is 2.08 bits per heavy atom. The Balaban J connectivity index is 1.67. The van der Waals surface area contributed by atoms with E-state index in [9.17, 15) is 14.9 Å². The first kappa shape index (κ1) is 16.9. The Kier molecular flexibility index (Phi) is 5.11. The Labute approximate surface area is 141 Å². The van der Waals surface area contributed by atoms with E-state index in [0.717, 1.165) is 52.2 Å². The van der Waals surface area contributed by atoms with Gasteiger partial charge in [0.05, 0.1) is 11.0 Å². The second-order valence-electron chi connectivity index (χ2n) is 6.44. The van der Waals surface area contributed by atoms with Crippen LogP contribution in [0.2, 0.25) is 0 Å². The SMILES string of the molecule is CC(=O)c1ccc(N2CCN(CC3CCCO3)CC2)c([N+](=O)[O-])c1. The van der Waals surface area contributed by atoms with Crippen LogP contribution in [0.1, 0.15) is 30.1 Å². The van der Waals surface area contributed by atoms with Crippen LogP contribution in [0.3, 0.4) is 0 Å². The average Bonchev–Trinajstić information content (AvgIpc) is 3.08. The molecule has 24 heavy (non-hydrogen) atoms. The number of ether oxygens (including phenoxy) is 1. The van der Waals surface area contributed by atoms with E-state index in [-0.39, 0.29) is 11.5 Å². The van der Waals surface area contributed by atoms with Gasteiger partial charge in [-0.3, -0.25) is 19.8 Å². The topological polar surface area (TPSA) is 75.9 Å². The molecule has 0 saturated carbocycles. The average molecular weight is 333 g/mol. The number of Topliss-reactive ketones (excluding diaryl/α,β-unsaturated/α-hetero) is 1. The molecule has 0 bridgehead atoms. The zero-order chi connectivity index (χ0) is 17.1. The minimum atomic E-state index is -0.402. The lowest BCUT2D eigenvalue weighted by molar-refractivity contribution is -0.384. The number of nitrogens with zero attached hydrogens (tertiary/aromatic N) is 3. The van der Waals surface area contributed by atoms with Crippen LogP contribution in [0.15, 0.2) is 18.2 Å². The van der Waals surface area contributed by atoms with Crippen LogP contribution >= 0.6 is 0 Å². The predicted molar refractivity (Wildman–Crippen MR) is 90.7 cm³/mol. The first-order chi connectivity index (χ1) is 11.5. The molecule has 3 rings (SSSR count). The van der Waals surface area contributed by atoms with Crippen molar-refractivity contribution in [3.05, 3.63) is 33.9 Å². The fourth-order valence-electron chi connectivity index (χ4n) is 3.40. The monoisotopic (exact) mass is 333 g/mol. The first-order valence-corrected chi connectivity index (χ1v) is 8.43. The summed E-state index contributed by atoms with van der Waals surface area (Å²) in [7, 11) is 0. The van der Waals surface area contributed by atoms with Gasteiger partial charge in [-0.1, -0.05) is 0 Å². The molecule has 130 valence electrons. The van der Waals surface area contributed by atoms with Crippen molar-refractivity contribution in [2.45, 2.75) is 25.9 Å². The fraction of sp³-hybridized carbons (Fsp3) is 0.588. The predicted octanol–water partition coefficient (Wildman–Crippen LogP) is 2.10. The van der Waals surface area contributed by atoms with Crippen LogP contribution < -0.4 is 4.90 Å². The standard InChI is InChI=1S/C17H23N3O4/c1-13(21)14-4-5-16(17(11-14)20(22)23)19-8-6-18(7-9-19)12-15-3-2-10-24-15/h4-5,11,15H,2-3,6-10,12H2,1H3. The molecule has 2 fully saturated rings. The number of carbonyl (C=O) groups is 1. The van der Waals surface area contributed by atoms with Gasteiger partial charge in [0, 0.05) is 51.0 Å². The van der Waals surface area contributed by atoms with Crippen LogP contribution in [-0.2, 0) is 4.74 Å². The van der Waals surface area contributed by atoms with Crippen molar-refractivity contribution < 1.29 is 14.5 Å². The molecule has 0 spiro atoms. The highest BCUT2D eigenvalue weighted by Crippen LogP contribution is 2.30. The maximum absolute atomic E-state index is 11.5. The molecule has 7 heteroatoms. The molecule has 7 nitrogen and oxygen atoms in total. The highest BCUT2D eigenvalue weighted by atomic mass is 16.6. The summed E-state index contributed by atoms with van der Waals surface area (Å²) in [4.78, 5) is 26.8. The lowest BCUT2D eigenvalue weighted by Gasteiger charge is -2.36. The quantitative estimate of drug-likeness (QED) is 0.467. The maximum atomic E-state index is 11.5. The van der Waals surface area contributed by atoms with Crippen molar-refractivity contribution in [2.24, 2.45) is 0 Å². The van der Waals surface area contributed by atoms with E-state index in [1.807, 2.05) is 4.90 Å². The van der Waals surface area contributed by atoms with E-state index in [4.69, 9.17) is 4.74 Å². The van der Waals surface area contributed by atoms with Gasteiger partial charge < -0.3 is 9.64 Å². The molecule has 0 aromatic heterocycles. The van der Waals surface area contributed by atoms with Gasteiger partial charge in [-0.25, -0.2) is 0 Å². The number of anilines is 1. The largest absolute Gasteiger partial charge is 0.377 e. The number of hydrogen-bond acceptors (Lipinski definition) is 6. The minimum absolute atomic E-state index is 0.00952.